The number of benzene rings is 1. The van der Waals surface area contributed by atoms with Crippen molar-refractivity contribution in [1.82, 2.24) is 5.32 Å². The number of hydrogen-bond donors (Lipinski definition) is 1. The van der Waals surface area contributed by atoms with E-state index >= 15 is 0 Å². The van der Waals surface area contributed by atoms with Crippen LogP contribution < -0.4 is 10.1 Å². The summed E-state index contributed by atoms with van der Waals surface area (Å²) in [5, 5.41) is 2.86. The Morgan fingerprint density at radius 3 is 2.47 bits per heavy atom. The van der Waals surface area contributed by atoms with Crippen LogP contribution in [0.4, 0.5) is 0 Å². The molecule has 0 spiro atoms. The molecule has 0 saturated heterocycles. The van der Waals surface area contributed by atoms with Gasteiger partial charge in [-0.1, -0.05) is 26.0 Å². The van der Waals surface area contributed by atoms with Gasteiger partial charge in [0.2, 0.25) is 5.91 Å². The van der Waals surface area contributed by atoms with Crippen LogP contribution in [0, 0.1) is 5.92 Å². The van der Waals surface area contributed by atoms with Crippen molar-refractivity contribution >= 4 is 17.5 Å². The standard InChI is InChI=1S/C15H22ClNO2/c1-11(2)8-13(16)10-17-15(18)9-12-4-6-14(19-3)7-5-12/h4-7,11,13H,8-10H2,1-3H3,(H,17,18). The minimum absolute atomic E-state index is 0.000169. The molecule has 0 aliphatic heterocycles. The van der Waals surface area contributed by atoms with Crippen LogP contribution in [0.25, 0.3) is 0 Å². The second-order valence-corrected chi connectivity index (χ2v) is 5.67. The molecule has 0 aromatic heterocycles. The van der Waals surface area contributed by atoms with Crippen LogP contribution in [-0.2, 0) is 11.2 Å². The van der Waals surface area contributed by atoms with Crippen molar-refractivity contribution in [2.24, 2.45) is 5.92 Å². The van der Waals surface area contributed by atoms with Crippen LogP contribution in [0.1, 0.15) is 25.8 Å². The number of carbonyl (C=O) groups is 1. The van der Waals surface area contributed by atoms with Crippen LogP contribution in [-0.4, -0.2) is 24.9 Å². The minimum atomic E-state index is -0.000395. The van der Waals surface area contributed by atoms with Crippen LogP contribution >= 0.6 is 11.6 Å². The van der Waals surface area contributed by atoms with Gasteiger partial charge in [0.15, 0.2) is 0 Å². The van der Waals surface area contributed by atoms with Gasteiger partial charge in [0, 0.05) is 6.54 Å². The second-order valence-electron chi connectivity index (χ2n) is 5.06. The molecule has 1 aromatic rings. The third-order valence-corrected chi connectivity index (χ3v) is 3.10. The summed E-state index contributed by atoms with van der Waals surface area (Å²) >= 11 is 6.13. The van der Waals surface area contributed by atoms with Gasteiger partial charge in [-0.05, 0) is 30.0 Å². The van der Waals surface area contributed by atoms with E-state index in [2.05, 4.69) is 19.2 Å². The molecule has 1 N–H and O–H groups in total. The lowest BCUT2D eigenvalue weighted by atomic mass is 10.1. The molecule has 1 aromatic carbocycles. The number of carbonyl (C=O) groups excluding carboxylic acids is 1. The van der Waals surface area contributed by atoms with E-state index in [9.17, 15) is 4.79 Å². The largest absolute Gasteiger partial charge is 0.497 e. The topological polar surface area (TPSA) is 38.3 Å². The van der Waals surface area contributed by atoms with Gasteiger partial charge in [0.05, 0.1) is 18.9 Å². The van der Waals surface area contributed by atoms with Gasteiger partial charge in [0.25, 0.3) is 0 Å². The second kappa shape index (κ2) is 8.05. The molecule has 1 amide bonds. The first-order chi connectivity index (χ1) is 9.01. The number of amides is 1. The van der Waals surface area contributed by atoms with Gasteiger partial charge in [-0.25, -0.2) is 0 Å². The third kappa shape index (κ3) is 6.48. The Kier molecular flexibility index (Phi) is 6.71. The summed E-state index contributed by atoms with van der Waals surface area (Å²) in [6, 6.07) is 7.49. The van der Waals surface area contributed by atoms with Gasteiger partial charge < -0.3 is 10.1 Å². The highest BCUT2D eigenvalue weighted by Gasteiger charge is 2.09. The summed E-state index contributed by atoms with van der Waals surface area (Å²) in [6.07, 6.45) is 1.28. The summed E-state index contributed by atoms with van der Waals surface area (Å²) in [7, 11) is 1.62. The van der Waals surface area contributed by atoms with Crippen molar-refractivity contribution < 1.29 is 9.53 Å². The smallest absolute Gasteiger partial charge is 0.224 e. The van der Waals surface area contributed by atoms with E-state index in [1.807, 2.05) is 24.3 Å². The van der Waals surface area contributed by atoms with Crippen molar-refractivity contribution in [3.8, 4) is 5.75 Å². The first-order valence-electron chi connectivity index (χ1n) is 6.55. The highest BCUT2D eigenvalue weighted by Crippen LogP contribution is 2.12. The van der Waals surface area contributed by atoms with Gasteiger partial charge in [-0.3, -0.25) is 4.79 Å². The Morgan fingerprint density at radius 2 is 1.95 bits per heavy atom. The maximum atomic E-state index is 11.8. The molecular weight excluding hydrogens is 262 g/mol. The first kappa shape index (κ1) is 15.8. The molecule has 0 fully saturated rings. The summed E-state index contributed by atoms with van der Waals surface area (Å²) in [5.41, 5.74) is 0.966. The fourth-order valence-corrected chi connectivity index (χ4v) is 2.24. The third-order valence-electron chi connectivity index (χ3n) is 2.77. The van der Waals surface area contributed by atoms with E-state index < -0.39 is 0 Å². The molecule has 0 radical (unpaired) electrons. The fraction of sp³-hybridized carbons (Fsp3) is 0.533. The Bertz CT molecular complexity index is 390. The van der Waals surface area contributed by atoms with Crippen molar-refractivity contribution in [3.05, 3.63) is 29.8 Å². The molecule has 1 atom stereocenters. The van der Waals surface area contributed by atoms with E-state index in [0.717, 1.165) is 17.7 Å². The number of nitrogens with one attached hydrogen (secondary N) is 1. The van der Waals surface area contributed by atoms with Crippen molar-refractivity contribution in [1.29, 1.82) is 0 Å². The minimum Gasteiger partial charge on any atom is -0.497 e. The molecule has 0 aliphatic carbocycles. The van der Waals surface area contributed by atoms with Gasteiger partial charge in [-0.15, -0.1) is 11.6 Å². The predicted molar refractivity (Wildman–Crippen MR) is 78.8 cm³/mol. The summed E-state index contributed by atoms with van der Waals surface area (Å²) in [6.45, 7) is 4.76. The number of hydrogen-bond acceptors (Lipinski definition) is 2. The number of rotatable bonds is 7. The molecule has 0 bridgehead atoms. The van der Waals surface area contributed by atoms with Gasteiger partial charge >= 0.3 is 0 Å². The van der Waals surface area contributed by atoms with Crippen LogP contribution in [0.2, 0.25) is 0 Å². The highest BCUT2D eigenvalue weighted by atomic mass is 35.5. The molecule has 1 unspecified atom stereocenters. The van der Waals surface area contributed by atoms with E-state index in [1.54, 1.807) is 7.11 Å². The SMILES string of the molecule is COc1ccc(CC(=O)NCC(Cl)CC(C)C)cc1. The maximum absolute atomic E-state index is 11.8. The Hall–Kier alpha value is -1.22. The van der Waals surface area contributed by atoms with Crippen molar-refractivity contribution in [2.75, 3.05) is 13.7 Å². The zero-order valence-electron chi connectivity index (χ0n) is 11.8. The van der Waals surface area contributed by atoms with Gasteiger partial charge in [-0.2, -0.15) is 0 Å². The number of methoxy groups -OCH3 is 1. The number of ether oxygens (including phenoxy) is 1. The van der Waals surface area contributed by atoms with E-state index in [-0.39, 0.29) is 11.3 Å². The number of halogens is 1. The quantitative estimate of drug-likeness (QED) is 0.781. The van der Waals surface area contributed by atoms with E-state index in [0.29, 0.717) is 18.9 Å². The molecule has 3 nitrogen and oxygen atoms in total. The summed E-state index contributed by atoms with van der Waals surface area (Å²) < 4.78 is 5.07. The molecular formula is C15H22ClNO2. The van der Waals surface area contributed by atoms with E-state index in [4.69, 9.17) is 16.3 Å². The molecule has 0 heterocycles. The van der Waals surface area contributed by atoms with Crippen LogP contribution in [0.5, 0.6) is 5.75 Å². The predicted octanol–water partition coefficient (Wildman–Crippen LogP) is 3.01. The molecule has 19 heavy (non-hydrogen) atoms. The van der Waals surface area contributed by atoms with Crippen LogP contribution in [0.3, 0.4) is 0 Å². The monoisotopic (exact) mass is 283 g/mol. The average Bonchev–Trinajstić information content (AvgIpc) is 2.36. The zero-order valence-corrected chi connectivity index (χ0v) is 12.5. The van der Waals surface area contributed by atoms with Crippen LogP contribution in [0.15, 0.2) is 24.3 Å². The molecule has 0 aliphatic rings. The molecule has 4 heteroatoms. The molecule has 0 saturated carbocycles. The highest BCUT2D eigenvalue weighted by molar-refractivity contribution is 6.20. The Morgan fingerprint density at radius 1 is 1.32 bits per heavy atom. The molecule has 1 rings (SSSR count). The lowest BCUT2D eigenvalue weighted by Gasteiger charge is -2.13. The lowest BCUT2D eigenvalue weighted by Crippen LogP contribution is -2.31. The normalized spacial score (nSPS) is 12.3. The van der Waals surface area contributed by atoms with Gasteiger partial charge in [0.1, 0.15) is 5.75 Å². The maximum Gasteiger partial charge on any atom is 0.224 e. The lowest BCUT2D eigenvalue weighted by molar-refractivity contribution is -0.120. The fourth-order valence-electron chi connectivity index (χ4n) is 1.81. The number of alkyl halides is 1. The Labute approximate surface area is 120 Å². The summed E-state index contributed by atoms with van der Waals surface area (Å²) in [4.78, 5) is 11.8. The van der Waals surface area contributed by atoms with Crippen molar-refractivity contribution in [2.45, 2.75) is 32.1 Å². The Balaban J connectivity index is 2.34. The first-order valence-corrected chi connectivity index (χ1v) is 6.98. The molecule has 106 valence electrons. The van der Waals surface area contributed by atoms with E-state index in [1.165, 1.54) is 0 Å². The summed E-state index contributed by atoms with van der Waals surface area (Å²) in [5.74, 6) is 1.34. The average molecular weight is 284 g/mol. The zero-order chi connectivity index (χ0) is 14.3. The van der Waals surface area contributed by atoms with Crippen molar-refractivity contribution in [3.63, 3.8) is 0 Å².